The molecule has 88 valence electrons. The maximum atomic E-state index is 3.77. The Labute approximate surface area is 94.4 Å². The van der Waals surface area contributed by atoms with E-state index < -0.39 is 0 Å². The summed E-state index contributed by atoms with van der Waals surface area (Å²) in [5.41, 5.74) is 0.473. The fourth-order valence-electron chi connectivity index (χ4n) is 2.83. The van der Waals surface area contributed by atoms with Crippen LogP contribution in [0.3, 0.4) is 0 Å². The Kier molecular flexibility index (Phi) is 3.36. The monoisotopic (exact) mass is 210 g/mol. The fraction of sp³-hybridized carbons (Fsp3) is 1.00. The number of piperidine rings is 3. The Morgan fingerprint density at radius 3 is 2.33 bits per heavy atom. The van der Waals surface area contributed by atoms with E-state index in [2.05, 4.69) is 31.0 Å². The largest absolute Gasteiger partial charge is 0.312 e. The van der Waals surface area contributed by atoms with Gasteiger partial charge in [-0.1, -0.05) is 20.8 Å². The van der Waals surface area contributed by atoms with Gasteiger partial charge in [0, 0.05) is 12.6 Å². The Morgan fingerprint density at radius 1 is 1.20 bits per heavy atom. The minimum atomic E-state index is 0.473. The van der Waals surface area contributed by atoms with Crippen molar-refractivity contribution in [1.29, 1.82) is 0 Å². The molecule has 0 aliphatic carbocycles. The average molecular weight is 210 g/mol. The molecule has 1 atom stereocenters. The van der Waals surface area contributed by atoms with Crippen LogP contribution in [-0.4, -0.2) is 37.1 Å². The van der Waals surface area contributed by atoms with Crippen LogP contribution in [0.15, 0.2) is 0 Å². The zero-order chi connectivity index (χ0) is 10.9. The summed E-state index contributed by atoms with van der Waals surface area (Å²) in [6, 6.07) is 0.787. The quantitative estimate of drug-likeness (QED) is 0.767. The molecule has 0 aromatic carbocycles. The summed E-state index contributed by atoms with van der Waals surface area (Å²) in [7, 11) is 0. The van der Waals surface area contributed by atoms with Crippen molar-refractivity contribution in [2.24, 2.45) is 11.3 Å². The molecule has 0 saturated carbocycles. The molecule has 3 saturated heterocycles. The van der Waals surface area contributed by atoms with Crippen molar-refractivity contribution >= 4 is 0 Å². The third-order valence-electron chi connectivity index (χ3n) is 3.94. The number of hydrogen-bond acceptors (Lipinski definition) is 2. The van der Waals surface area contributed by atoms with E-state index in [0.29, 0.717) is 5.41 Å². The smallest absolute Gasteiger partial charge is 0.0224 e. The second-order valence-corrected chi connectivity index (χ2v) is 6.51. The van der Waals surface area contributed by atoms with Crippen molar-refractivity contribution in [1.82, 2.24) is 10.2 Å². The lowest BCUT2D eigenvalue weighted by Gasteiger charge is -2.45. The molecule has 3 aliphatic rings. The molecule has 0 radical (unpaired) electrons. The third kappa shape index (κ3) is 3.18. The highest BCUT2D eigenvalue weighted by atomic mass is 15.2. The fourth-order valence-corrected chi connectivity index (χ4v) is 2.83. The summed E-state index contributed by atoms with van der Waals surface area (Å²) in [6.07, 6.45) is 4.14. The maximum absolute atomic E-state index is 3.77. The van der Waals surface area contributed by atoms with Crippen LogP contribution in [0.5, 0.6) is 0 Å². The molecule has 0 aromatic heterocycles. The van der Waals surface area contributed by atoms with E-state index in [-0.39, 0.29) is 0 Å². The summed E-state index contributed by atoms with van der Waals surface area (Å²) in [5.74, 6) is 0.968. The molecule has 0 aromatic rings. The molecule has 3 fully saturated rings. The van der Waals surface area contributed by atoms with Crippen molar-refractivity contribution in [2.45, 2.75) is 46.1 Å². The van der Waals surface area contributed by atoms with Crippen molar-refractivity contribution in [3.63, 3.8) is 0 Å². The zero-order valence-electron chi connectivity index (χ0n) is 10.6. The number of nitrogens with zero attached hydrogens (tertiary/aromatic N) is 1. The van der Waals surface area contributed by atoms with E-state index in [1.54, 1.807) is 0 Å². The molecule has 2 nitrogen and oxygen atoms in total. The Bertz CT molecular complexity index is 199. The molecule has 1 unspecified atom stereocenters. The number of nitrogens with one attached hydrogen (secondary N) is 1. The van der Waals surface area contributed by atoms with Crippen LogP contribution < -0.4 is 5.32 Å². The predicted octanol–water partition coefficient (Wildman–Crippen LogP) is 2.11. The van der Waals surface area contributed by atoms with Gasteiger partial charge in [-0.05, 0) is 50.2 Å². The first kappa shape index (κ1) is 11.4. The molecule has 1 N–H and O–H groups in total. The molecule has 3 rings (SSSR count). The standard InChI is InChI=1S/C13H26N2/c1-13(2,3)6-7-14-12-10-15-8-4-11(12)5-9-15/h11-12,14H,4-10H2,1-3H3. The van der Waals surface area contributed by atoms with E-state index in [9.17, 15) is 0 Å². The van der Waals surface area contributed by atoms with Crippen molar-refractivity contribution in [2.75, 3.05) is 26.2 Å². The summed E-state index contributed by atoms with van der Waals surface area (Å²) in [6.45, 7) is 12.2. The Hall–Kier alpha value is -0.0800. The minimum Gasteiger partial charge on any atom is -0.312 e. The first-order valence-electron chi connectivity index (χ1n) is 6.50. The average Bonchev–Trinajstić information content (AvgIpc) is 2.17. The van der Waals surface area contributed by atoms with Crippen molar-refractivity contribution in [3.8, 4) is 0 Å². The zero-order valence-corrected chi connectivity index (χ0v) is 10.6. The van der Waals surface area contributed by atoms with Gasteiger partial charge in [0.1, 0.15) is 0 Å². The Morgan fingerprint density at radius 2 is 1.87 bits per heavy atom. The number of fused-ring (bicyclic) bond motifs is 3. The van der Waals surface area contributed by atoms with Gasteiger partial charge in [0.05, 0.1) is 0 Å². The maximum Gasteiger partial charge on any atom is 0.0224 e. The lowest BCUT2D eigenvalue weighted by molar-refractivity contribution is 0.0715. The van der Waals surface area contributed by atoms with Crippen LogP contribution in [0.2, 0.25) is 0 Å². The lowest BCUT2D eigenvalue weighted by atomic mass is 9.83. The summed E-state index contributed by atoms with van der Waals surface area (Å²) >= 11 is 0. The van der Waals surface area contributed by atoms with Crippen LogP contribution in [-0.2, 0) is 0 Å². The molecular formula is C13H26N2. The van der Waals surface area contributed by atoms with Crippen LogP contribution in [0, 0.1) is 11.3 Å². The first-order valence-corrected chi connectivity index (χ1v) is 6.50. The lowest BCUT2D eigenvalue weighted by Crippen LogP contribution is -2.56. The van der Waals surface area contributed by atoms with Gasteiger partial charge in [0.2, 0.25) is 0 Å². The van der Waals surface area contributed by atoms with Crippen LogP contribution in [0.1, 0.15) is 40.0 Å². The number of rotatable bonds is 3. The van der Waals surface area contributed by atoms with Gasteiger partial charge >= 0.3 is 0 Å². The van der Waals surface area contributed by atoms with Crippen molar-refractivity contribution in [3.05, 3.63) is 0 Å². The molecule has 3 heterocycles. The molecule has 0 amide bonds. The minimum absolute atomic E-state index is 0.473. The summed E-state index contributed by atoms with van der Waals surface area (Å²) < 4.78 is 0. The van der Waals surface area contributed by atoms with Gasteiger partial charge in [-0.25, -0.2) is 0 Å². The molecular weight excluding hydrogens is 184 g/mol. The van der Waals surface area contributed by atoms with Crippen LogP contribution >= 0.6 is 0 Å². The van der Waals surface area contributed by atoms with Gasteiger partial charge in [-0.3, -0.25) is 0 Å². The van der Waals surface area contributed by atoms with Crippen molar-refractivity contribution < 1.29 is 0 Å². The highest BCUT2D eigenvalue weighted by Gasteiger charge is 2.33. The van der Waals surface area contributed by atoms with E-state index >= 15 is 0 Å². The van der Waals surface area contributed by atoms with Crippen LogP contribution in [0.4, 0.5) is 0 Å². The second kappa shape index (κ2) is 4.42. The SMILES string of the molecule is CC(C)(C)CCNC1CN2CCC1CC2. The van der Waals surface area contributed by atoms with E-state index in [0.717, 1.165) is 12.0 Å². The summed E-state index contributed by atoms with van der Waals surface area (Å²) in [5, 5.41) is 3.77. The molecule has 2 heteroatoms. The van der Waals surface area contributed by atoms with E-state index in [1.165, 1.54) is 45.4 Å². The number of hydrogen-bond donors (Lipinski definition) is 1. The highest BCUT2D eigenvalue weighted by Crippen LogP contribution is 2.27. The third-order valence-corrected chi connectivity index (χ3v) is 3.94. The van der Waals surface area contributed by atoms with Gasteiger partial charge in [0.15, 0.2) is 0 Å². The normalized spacial score (nSPS) is 35.8. The molecule has 0 spiro atoms. The molecule has 3 aliphatic heterocycles. The second-order valence-electron chi connectivity index (χ2n) is 6.51. The first-order chi connectivity index (χ1) is 7.04. The van der Waals surface area contributed by atoms with Crippen LogP contribution in [0.25, 0.3) is 0 Å². The Balaban J connectivity index is 1.71. The van der Waals surface area contributed by atoms with Gasteiger partial charge in [-0.2, -0.15) is 0 Å². The summed E-state index contributed by atoms with van der Waals surface area (Å²) in [4.78, 5) is 2.62. The van der Waals surface area contributed by atoms with Gasteiger partial charge < -0.3 is 10.2 Å². The molecule has 2 bridgehead atoms. The van der Waals surface area contributed by atoms with E-state index in [4.69, 9.17) is 0 Å². The van der Waals surface area contributed by atoms with Gasteiger partial charge in [-0.15, -0.1) is 0 Å². The van der Waals surface area contributed by atoms with Gasteiger partial charge in [0.25, 0.3) is 0 Å². The van der Waals surface area contributed by atoms with E-state index in [1.807, 2.05) is 0 Å². The predicted molar refractivity (Wildman–Crippen MR) is 65.0 cm³/mol. The highest BCUT2D eigenvalue weighted by molar-refractivity contribution is 4.90. The topological polar surface area (TPSA) is 15.3 Å². The molecule has 15 heavy (non-hydrogen) atoms.